The average molecular weight is 254 g/mol. The molecule has 17 heavy (non-hydrogen) atoms. The van der Waals surface area contributed by atoms with Crippen LogP contribution in [0.2, 0.25) is 0 Å². The number of pyridine rings is 1. The predicted octanol–water partition coefficient (Wildman–Crippen LogP) is 1.06. The van der Waals surface area contributed by atoms with Gasteiger partial charge < -0.3 is 5.32 Å². The number of rotatable bonds is 4. The van der Waals surface area contributed by atoms with Crippen LogP contribution >= 0.6 is 0 Å². The second-order valence-corrected chi connectivity index (χ2v) is 6.93. The molecule has 0 bridgehead atoms. The highest BCUT2D eigenvalue weighted by Crippen LogP contribution is 2.19. The van der Waals surface area contributed by atoms with Crippen molar-refractivity contribution in [1.82, 2.24) is 10.3 Å². The highest BCUT2D eigenvalue weighted by Gasteiger charge is 2.30. The average Bonchev–Trinajstić information content (AvgIpc) is 2.58. The van der Waals surface area contributed by atoms with Gasteiger partial charge in [-0.15, -0.1) is 0 Å². The van der Waals surface area contributed by atoms with Gasteiger partial charge in [-0.3, -0.25) is 4.98 Å². The third-order valence-corrected chi connectivity index (χ3v) is 5.36. The van der Waals surface area contributed by atoms with Gasteiger partial charge in [-0.2, -0.15) is 0 Å². The van der Waals surface area contributed by atoms with Gasteiger partial charge in [0.2, 0.25) is 0 Å². The normalized spacial score (nSPS) is 22.8. The van der Waals surface area contributed by atoms with Gasteiger partial charge in [0.05, 0.1) is 16.7 Å². The number of hydrogen-bond donors (Lipinski definition) is 1. The van der Waals surface area contributed by atoms with Gasteiger partial charge in [0.15, 0.2) is 9.84 Å². The zero-order chi connectivity index (χ0) is 12.3. The lowest BCUT2D eigenvalue weighted by atomic mass is 10.2. The summed E-state index contributed by atoms with van der Waals surface area (Å²) in [6, 6.07) is 5.86. The summed E-state index contributed by atoms with van der Waals surface area (Å²) in [5.74, 6) is 0.349. The van der Waals surface area contributed by atoms with Crippen molar-refractivity contribution < 1.29 is 8.42 Å². The molecule has 0 radical (unpaired) electrons. The first-order chi connectivity index (χ1) is 8.08. The standard InChI is InChI=1S/C12H18N2O2S/c1-10-4-2-5-11(14-10)8-13-9-12-6-3-7-17(12,15)16/h2,4-5,12-13H,3,6-9H2,1H3. The van der Waals surface area contributed by atoms with Crippen LogP contribution in [-0.2, 0) is 16.4 Å². The van der Waals surface area contributed by atoms with Crippen LogP contribution in [0.25, 0.3) is 0 Å². The third-order valence-electron chi connectivity index (χ3n) is 3.09. The monoisotopic (exact) mass is 254 g/mol. The fourth-order valence-corrected chi connectivity index (χ4v) is 3.95. The Morgan fingerprint density at radius 2 is 2.29 bits per heavy atom. The highest BCUT2D eigenvalue weighted by atomic mass is 32.2. The van der Waals surface area contributed by atoms with Crippen LogP contribution in [0.4, 0.5) is 0 Å². The Labute approximate surface area is 102 Å². The van der Waals surface area contributed by atoms with Gasteiger partial charge >= 0.3 is 0 Å². The summed E-state index contributed by atoms with van der Waals surface area (Å²) < 4.78 is 23.2. The molecule has 0 spiro atoms. The first-order valence-electron chi connectivity index (χ1n) is 5.93. The van der Waals surface area contributed by atoms with E-state index >= 15 is 0 Å². The van der Waals surface area contributed by atoms with E-state index in [1.807, 2.05) is 25.1 Å². The predicted molar refractivity (Wildman–Crippen MR) is 67.5 cm³/mol. The van der Waals surface area contributed by atoms with Crippen LogP contribution in [0.15, 0.2) is 18.2 Å². The summed E-state index contributed by atoms with van der Waals surface area (Å²) in [4.78, 5) is 4.36. The molecule has 1 fully saturated rings. The lowest BCUT2D eigenvalue weighted by Gasteiger charge is -2.10. The second-order valence-electron chi connectivity index (χ2n) is 4.53. The number of nitrogens with one attached hydrogen (secondary N) is 1. The molecule has 0 amide bonds. The van der Waals surface area contributed by atoms with Crippen LogP contribution in [0.3, 0.4) is 0 Å². The van der Waals surface area contributed by atoms with Crippen LogP contribution in [-0.4, -0.2) is 30.9 Å². The molecule has 1 atom stereocenters. The van der Waals surface area contributed by atoms with E-state index in [0.717, 1.165) is 24.2 Å². The SMILES string of the molecule is Cc1cccc(CNCC2CCCS2(=O)=O)n1. The van der Waals surface area contributed by atoms with E-state index in [2.05, 4.69) is 10.3 Å². The van der Waals surface area contributed by atoms with E-state index in [0.29, 0.717) is 18.8 Å². The number of nitrogens with zero attached hydrogens (tertiary/aromatic N) is 1. The zero-order valence-electron chi connectivity index (χ0n) is 10.0. The third kappa shape index (κ3) is 3.26. The molecule has 0 saturated carbocycles. The molecule has 1 aliphatic heterocycles. The Balaban J connectivity index is 1.84. The van der Waals surface area contributed by atoms with Crippen molar-refractivity contribution in [3.63, 3.8) is 0 Å². The fraction of sp³-hybridized carbons (Fsp3) is 0.583. The second kappa shape index (κ2) is 5.14. The zero-order valence-corrected chi connectivity index (χ0v) is 10.8. The molecule has 94 valence electrons. The number of aryl methyl sites for hydroxylation is 1. The van der Waals surface area contributed by atoms with Gasteiger partial charge in [-0.25, -0.2) is 8.42 Å². The Bertz CT molecular complexity index is 485. The van der Waals surface area contributed by atoms with Crippen molar-refractivity contribution in [2.75, 3.05) is 12.3 Å². The Morgan fingerprint density at radius 1 is 1.47 bits per heavy atom. The lowest BCUT2D eigenvalue weighted by molar-refractivity contribution is 0.572. The minimum atomic E-state index is -2.83. The fourth-order valence-electron chi connectivity index (χ4n) is 2.15. The van der Waals surface area contributed by atoms with Crippen molar-refractivity contribution in [2.24, 2.45) is 0 Å². The molecule has 4 nitrogen and oxygen atoms in total. The molecule has 0 aliphatic carbocycles. The van der Waals surface area contributed by atoms with Crippen LogP contribution in [0.1, 0.15) is 24.2 Å². The van der Waals surface area contributed by atoms with Gasteiger partial charge in [-0.05, 0) is 31.9 Å². The molecule has 1 aromatic rings. The summed E-state index contributed by atoms with van der Waals surface area (Å²) in [5, 5.41) is 2.98. The minimum Gasteiger partial charge on any atom is -0.310 e. The number of hydrogen-bond acceptors (Lipinski definition) is 4. The molecule has 1 saturated heterocycles. The van der Waals surface area contributed by atoms with Gasteiger partial charge in [0.25, 0.3) is 0 Å². The topological polar surface area (TPSA) is 59.1 Å². The summed E-state index contributed by atoms with van der Waals surface area (Å²) in [5.41, 5.74) is 1.94. The molecular formula is C12H18N2O2S. The van der Waals surface area contributed by atoms with E-state index < -0.39 is 9.84 Å². The van der Waals surface area contributed by atoms with Crippen LogP contribution in [0, 0.1) is 6.92 Å². The van der Waals surface area contributed by atoms with Crippen LogP contribution < -0.4 is 5.32 Å². The Hall–Kier alpha value is -0.940. The highest BCUT2D eigenvalue weighted by molar-refractivity contribution is 7.92. The molecule has 5 heteroatoms. The maximum Gasteiger partial charge on any atom is 0.154 e. The molecule has 2 rings (SSSR count). The van der Waals surface area contributed by atoms with Crippen molar-refractivity contribution in [3.05, 3.63) is 29.6 Å². The molecule has 1 aromatic heterocycles. The molecular weight excluding hydrogens is 236 g/mol. The molecule has 1 N–H and O–H groups in total. The van der Waals surface area contributed by atoms with Crippen LogP contribution in [0.5, 0.6) is 0 Å². The van der Waals surface area contributed by atoms with E-state index in [9.17, 15) is 8.42 Å². The molecule has 0 aromatic carbocycles. The lowest BCUT2D eigenvalue weighted by Crippen LogP contribution is -2.30. The van der Waals surface area contributed by atoms with Crippen molar-refractivity contribution in [3.8, 4) is 0 Å². The number of aromatic nitrogens is 1. The summed E-state index contributed by atoms with van der Waals surface area (Å²) in [6.07, 6.45) is 1.59. The molecule has 1 aliphatic rings. The van der Waals surface area contributed by atoms with E-state index in [4.69, 9.17) is 0 Å². The van der Waals surface area contributed by atoms with Crippen molar-refractivity contribution in [1.29, 1.82) is 0 Å². The maximum absolute atomic E-state index is 11.6. The summed E-state index contributed by atoms with van der Waals surface area (Å²) in [7, 11) is -2.83. The summed E-state index contributed by atoms with van der Waals surface area (Å²) in [6.45, 7) is 3.12. The van der Waals surface area contributed by atoms with Gasteiger partial charge in [-0.1, -0.05) is 6.07 Å². The quantitative estimate of drug-likeness (QED) is 0.872. The summed E-state index contributed by atoms with van der Waals surface area (Å²) >= 11 is 0. The van der Waals surface area contributed by atoms with Gasteiger partial charge in [0, 0.05) is 18.8 Å². The molecule has 1 unspecified atom stereocenters. The maximum atomic E-state index is 11.6. The van der Waals surface area contributed by atoms with E-state index in [-0.39, 0.29) is 5.25 Å². The molecule has 2 heterocycles. The van der Waals surface area contributed by atoms with Crippen molar-refractivity contribution in [2.45, 2.75) is 31.6 Å². The van der Waals surface area contributed by atoms with E-state index in [1.54, 1.807) is 0 Å². The Morgan fingerprint density at radius 3 is 2.94 bits per heavy atom. The Kier molecular flexibility index (Phi) is 3.79. The first kappa shape index (κ1) is 12.5. The minimum absolute atomic E-state index is 0.202. The van der Waals surface area contributed by atoms with Gasteiger partial charge in [0.1, 0.15) is 0 Å². The largest absolute Gasteiger partial charge is 0.310 e. The van der Waals surface area contributed by atoms with E-state index in [1.165, 1.54) is 0 Å². The first-order valence-corrected chi connectivity index (χ1v) is 7.64. The number of sulfone groups is 1. The van der Waals surface area contributed by atoms with Crippen molar-refractivity contribution >= 4 is 9.84 Å². The smallest absolute Gasteiger partial charge is 0.154 e.